The fourth-order valence-electron chi connectivity index (χ4n) is 11.3. The molecule has 1 N–H and O–H groups in total. The van der Waals surface area contributed by atoms with Crippen molar-refractivity contribution in [2.75, 3.05) is 99.5 Å². The quantitative estimate of drug-likeness (QED) is 0.0283. The van der Waals surface area contributed by atoms with Crippen LogP contribution in [0.2, 0.25) is 91.9 Å². The molecule has 4 atom stereocenters. The van der Waals surface area contributed by atoms with E-state index in [0.717, 1.165) is 96.1 Å². The molecule has 0 spiro atoms. The Morgan fingerprint density at radius 2 is 0.916 bits per heavy atom. The summed E-state index contributed by atoms with van der Waals surface area (Å²) in [6.45, 7) is 38.8. The predicted octanol–water partition coefficient (Wildman–Crippen LogP) is 10.5. The van der Waals surface area contributed by atoms with E-state index in [1.54, 1.807) is 57.8 Å². The summed E-state index contributed by atoms with van der Waals surface area (Å²) < 4.78 is 25.8. The van der Waals surface area contributed by atoms with Gasteiger partial charge in [0.1, 0.15) is 37.7 Å². The van der Waals surface area contributed by atoms with Gasteiger partial charge in [0.25, 0.3) is 0 Å². The van der Waals surface area contributed by atoms with Gasteiger partial charge in [0.05, 0.1) is 44.4 Å². The van der Waals surface area contributed by atoms with E-state index in [-0.39, 0.29) is 48.3 Å². The van der Waals surface area contributed by atoms with Crippen molar-refractivity contribution < 1.29 is 43.1 Å². The Bertz CT molecular complexity index is 3400. The van der Waals surface area contributed by atoms with Crippen LogP contribution in [-0.2, 0) is 44.1 Å². The van der Waals surface area contributed by atoms with E-state index in [0.29, 0.717) is 59.6 Å². The number of aromatic nitrogens is 8. The molecule has 8 amide bonds. The Labute approximate surface area is 582 Å². The molecule has 0 aromatic carbocycles. The zero-order valence-electron chi connectivity index (χ0n) is 58.5. The Morgan fingerprint density at radius 3 is 1.33 bits per heavy atom. The van der Waals surface area contributed by atoms with Gasteiger partial charge in [-0.3, -0.25) is 4.84 Å². The normalized spacial score (nSPS) is 20.5. The van der Waals surface area contributed by atoms with Crippen molar-refractivity contribution in [2.45, 2.75) is 136 Å². The van der Waals surface area contributed by atoms with Crippen LogP contribution in [0.5, 0.6) is 0 Å². The third-order valence-electron chi connectivity index (χ3n) is 17.1. The summed E-state index contributed by atoms with van der Waals surface area (Å²) in [5, 5.41) is 2.94. The minimum Gasteiger partial charge on any atom is -0.361 e. The zero-order chi connectivity index (χ0) is 69.0. The molecule has 25 nitrogen and oxygen atoms in total. The van der Waals surface area contributed by atoms with Crippen LogP contribution < -0.4 is 0 Å². The molecule has 0 aliphatic carbocycles. The number of nitrogens with one attached hydrogen (secondary N) is 1. The fraction of sp³-hybridized carbons (Fsp3) is 0.569. The summed E-state index contributed by atoms with van der Waals surface area (Å²) in [6.07, 6.45) is 26.6. The molecule has 520 valence electrons. The SMILES string of the molecule is C=CCON1C(=O)N2CC(c3nccn3COCC[Si](C)(C)C)=CC1C2.C=CCON1C(=O)N2C[C]([Sn]([CH3])([CH3])[CH3])=CC1C2.CN1C(=O)N2CC(c3ncc[nH]3)=CC1C2.CN1C(=O)N2CC(c3nccn3COCC[Si](C)(C)C)=CC1C2.C[Si](C)(C)CCOCn1ccnc1I. The van der Waals surface area contributed by atoms with Gasteiger partial charge < -0.3 is 57.4 Å². The molecule has 30 heteroatoms. The van der Waals surface area contributed by atoms with Gasteiger partial charge in [-0.1, -0.05) is 77.2 Å². The predicted molar refractivity (Wildman–Crippen MR) is 390 cm³/mol. The van der Waals surface area contributed by atoms with Gasteiger partial charge >= 0.3 is 125 Å². The second kappa shape index (κ2) is 33.3. The number of carbonyl (C=O) groups is 4. The number of fused-ring (bicyclic) bond motifs is 8. The number of hydroxylamine groups is 4. The number of ether oxygens (including phenoxy) is 3. The smallest absolute Gasteiger partial charge is 0.320 e. The summed E-state index contributed by atoms with van der Waals surface area (Å²) in [5.41, 5.74) is 3.24. The van der Waals surface area contributed by atoms with Crippen LogP contribution in [0.1, 0.15) is 17.5 Å². The third kappa shape index (κ3) is 20.9. The van der Waals surface area contributed by atoms with Gasteiger partial charge in [-0.25, -0.2) is 34.3 Å². The largest absolute Gasteiger partial charge is 0.361 e. The summed E-state index contributed by atoms with van der Waals surface area (Å²) in [6, 6.07) is 3.99. The van der Waals surface area contributed by atoms with Gasteiger partial charge in [-0.15, -0.1) is 6.58 Å². The monoisotopic (exact) mass is 1580 g/mol. The fourth-order valence-corrected chi connectivity index (χ4v) is 17.9. The average Bonchev–Trinajstić information content (AvgIpc) is 1.66. The number of amides is 8. The van der Waals surface area contributed by atoms with Gasteiger partial charge in [-0.2, -0.15) is 5.06 Å². The molecule has 95 heavy (non-hydrogen) atoms. The van der Waals surface area contributed by atoms with Crippen LogP contribution in [0.3, 0.4) is 0 Å². The maximum atomic E-state index is 12.4. The van der Waals surface area contributed by atoms with Crippen molar-refractivity contribution in [3.63, 3.8) is 0 Å². The first-order chi connectivity index (χ1) is 44.9. The molecular formula is C65H103IN16O9Si3Sn. The van der Waals surface area contributed by atoms with Gasteiger partial charge in [0.2, 0.25) is 0 Å². The number of hydrogen-bond donors (Lipinski definition) is 1. The Morgan fingerprint density at radius 1 is 0.526 bits per heavy atom. The molecule has 0 radical (unpaired) electrons. The molecule has 4 aromatic rings. The van der Waals surface area contributed by atoms with Crippen LogP contribution in [0.15, 0.2) is 103 Å². The molecule has 8 bridgehead atoms. The standard InChI is InChI=1S/C18H28N4O3Si.C16H26N4O2Si.C10H12N4O.C9H17IN2OSi.C9H11N2O2.3CH3.Sn/c1-5-8-25-22-16-11-15(12-21(13-16)18(22)23)17-19-6-7-20(17)14-24-9-10-26(2,3)4;1-18-14-9-13(10-20(11-14)16(18)21)15-17-5-6-19(15)12-22-7-8-23(2,3)4;1-13-8-4-7(9-11-2-3-12-9)5-14(6-8)10(13)15;1-14(2,3)7-6-13-8-12-5-4-11-9(12)10;1-2-6-13-11-8-4-3-5-10(7-8)9(11)12;;;;/h5-7,11,16H,1,8-10,12-14H2,2-4H3;5-6,9,14H,7-8,10-12H2,1-4H3;2-4,8H,5-6H2,1H3,(H,11,12);4-5H,6-8H2,1-3H3;2,4,8H,1,5-7H2;3*1H3;. The van der Waals surface area contributed by atoms with Gasteiger partial charge in [0, 0.05) is 144 Å². The average molecular weight is 1580 g/mol. The molecule has 4 fully saturated rings. The molecule has 12 rings (SSSR count). The second-order valence-electron chi connectivity index (χ2n) is 29.6. The van der Waals surface area contributed by atoms with Crippen LogP contribution >= 0.6 is 22.6 Å². The molecule has 8 aliphatic rings. The number of nitrogens with zero attached hydrogens (tertiary/aromatic N) is 15. The molecule has 4 aromatic heterocycles. The first kappa shape index (κ1) is 75.1. The van der Waals surface area contributed by atoms with Crippen LogP contribution in [0.4, 0.5) is 19.2 Å². The van der Waals surface area contributed by atoms with Crippen molar-refractivity contribution >= 4 is 106 Å². The summed E-state index contributed by atoms with van der Waals surface area (Å²) in [4.78, 5) is 97.7. The van der Waals surface area contributed by atoms with E-state index >= 15 is 0 Å². The van der Waals surface area contributed by atoms with Crippen LogP contribution in [0, 0.1) is 3.83 Å². The van der Waals surface area contributed by atoms with Crippen molar-refractivity contribution in [3.8, 4) is 0 Å². The molecule has 12 heterocycles. The minimum absolute atomic E-state index is 0.00126. The molecule has 4 saturated heterocycles. The number of aromatic amines is 1. The number of urea groups is 4. The third-order valence-corrected chi connectivity index (χ3v) is 29.5. The topological polar surface area (TPSA) is 222 Å². The molecule has 4 unspecified atom stereocenters. The number of halogens is 1. The summed E-state index contributed by atoms with van der Waals surface area (Å²) in [7, 11) is 0.602. The number of likely N-dealkylation sites (N-methyl/N-ethyl adjacent to an activating group) is 2. The van der Waals surface area contributed by atoms with Crippen molar-refractivity contribution in [2.24, 2.45) is 0 Å². The number of rotatable bonds is 25. The van der Waals surface area contributed by atoms with E-state index in [4.69, 9.17) is 23.9 Å². The van der Waals surface area contributed by atoms with Crippen molar-refractivity contribution in [3.05, 3.63) is 124 Å². The van der Waals surface area contributed by atoms with E-state index < -0.39 is 42.6 Å². The number of carbonyl (C=O) groups excluding carboxylic acids is 4. The van der Waals surface area contributed by atoms with Crippen molar-refractivity contribution in [1.82, 2.24) is 78.1 Å². The number of hydrogen-bond acceptors (Lipinski definition) is 13. The van der Waals surface area contributed by atoms with E-state index in [1.165, 1.54) is 19.8 Å². The van der Waals surface area contributed by atoms with E-state index in [2.05, 4.69) is 159 Å². The Kier molecular flexibility index (Phi) is 26.3. The van der Waals surface area contributed by atoms with Gasteiger partial charge in [-0.05, 0) is 46.8 Å². The number of H-pyrrole nitrogens is 1. The van der Waals surface area contributed by atoms with Crippen molar-refractivity contribution in [1.29, 1.82) is 0 Å². The maximum absolute atomic E-state index is 12.4. The zero-order valence-corrected chi connectivity index (χ0v) is 66.5. The molecular weight excluding hydrogens is 1480 g/mol. The minimum atomic E-state index is -2.06. The summed E-state index contributed by atoms with van der Waals surface area (Å²) in [5.74, 6) is 2.63. The Balaban J connectivity index is 0.000000155. The molecule has 8 aliphatic heterocycles. The second-order valence-corrected chi connectivity index (χ2v) is 62.1. The van der Waals surface area contributed by atoms with E-state index in [9.17, 15) is 19.2 Å². The van der Waals surface area contributed by atoms with Crippen LogP contribution in [0.25, 0.3) is 16.7 Å². The first-order valence-electron chi connectivity index (χ1n) is 32.8. The first-order valence-corrected chi connectivity index (χ1v) is 55.0. The van der Waals surface area contributed by atoms with E-state index in [1.807, 2.05) is 61.1 Å². The number of imidazole rings is 4. The Hall–Kier alpha value is -5.66. The summed E-state index contributed by atoms with van der Waals surface area (Å²) >= 11 is 0.147. The maximum Gasteiger partial charge on any atom is 0.320 e. The molecule has 0 saturated carbocycles. The van der Waals surface area contributed by atoms with Gasteiger partial charge in [0.15, 0.2) is 3.83 Å². The van der Waals surface area contributed by atoms with Crippen LogP contribution in [-0.4, -0.2) is 269 Å².